The van der Waals surface area contributed by atoms with Crippen LogP contribution in [0, 0.1) is 0 Å². The van der Waals surface area contributed by atoms with Crippen LogP contribution in [-0.4, -0.2) is 29.1 Å². The van der Waals surface area contributed by atoms with Crippen molar-refractivity contribution in [3.8, 4) is 0 Å². The molecular formula is C19H25ClN4. The van der Waals surface area contributed by atoms with Crippen LogP contribution >= 0.6 is 11.6 Å². The maximum absolute atomic E-state index is 6.02. The average Bonchev–Trinajstić information content (AvgIpc) is 2.62. The molecule has 3 rings (SSSR count). The Bertz CT molecular complexity index is 661. The Morgan fingerprint density at radius 3 is 3.04 bits per heavy atom. The van der Waals surface area contributed by atoms with Crippen molar-refractivity contribution in [1.82, 2.24) is 9.97 Å². The fourth-order valence-electron chi connectivity index (χ4n) is 3.33. The maximum Gasteiger partial charge on any atom is 0.224 e. The van der Waals surface area contributed by atoms with E-state index in [-0.39, 0.29) is 0 Å². The first kappa shape index (κ1) is 17.0. The molecule has 0 radical (unpaired) electrons. The van der Waals surface area contributed by atoms with Gasteiger partial charge in [0.05, 0.1) is 0 Å². The number of hydrogen-bond donors (Lipinski definition) is 1. The first-order valence-corrected chi connectivity index (χ1v) is 9.22. The second-order valence-corrected chi connectivity index (χ2v) is 6.73. The van der Waals surface area contributed by atoms with Crippen LogP contribution in [-0.2, 0) is 6.42 Å². The number of nitrogens with zero attached hydrogens (tertiary/aromatic N) is 3. The van der Waals surface area contributed by atoms with Gasteiger partial charge in [0, 0.05) is 30.4 Å². The molecule has 5 heteroatoms. The Hall–Kier alpha value is -1.81. The van der Waals surface area contributed by atoms with Gasteiger partial charge in [0.1, 0.15) is 5.82 Å². The highest BCUT2D eigenvalue weighted by Crippen LogP contribution is 2.25. The third kappa shape index (κ3) is 4.38. The van der Waals surface area contributed by atoms with Gasteiger partial charge in [0.25, 0.3) is 0 Å². The van der Waals surface area contributed by atoms with Crippen molar-refractivity contribution in [2.75, 3.05) is 23.3 Å². The molecule has 1 atom stereocenters. The lowest BCUT2D eigenvalue weighted by Crippen LogP contribution is -2.39. The van der Waals surface area contributed by atoms with E-state index in [4.69, 9.17) is 16.6 Å². The van der Waals surface area contributed by atoms with Crippen molar-refractivity contribution in [1.29, 1.82) is 0 Å². The van der Waals surface area contributed by atoms with Crippen molar-refractivity contribution in [3.05, 3.63) is 47.1 Å². The number of hydrogen-bond acceptors (Lipinski definition) is 4. The van der Waals surface area contributed by atoms with Gasteiger partial charge in [-0.25, -0.2) is 4.98 Å². The second-order valence-electron chi connectivity index (χ2n) is 6.30. The molecule has 1 aromatic heterocycles. The Kier molecular flexibility index (Phi) is 5.91. The van der Waals surface area contributed by atoms with Crippen LogP contribution in [0.15, 0.2) is 36.5 Å². The zero-order chi connectivity index (χ0) is 16.8. The molecule has 1 aliphatic heterocycles. The molecule has 0 saturated carbocycles. The molecule has 0 bridgehead atoms. The molecule has 0 spiro atoms. The van der Waals surface area contributed by atoms with E-state index in [0.717, 1.165) is 30.4 Å². The lowest BCUT2D eigenvalue weighted by molar-refractivity contribution is 0.447. The van der Waals surface area contributed by atoms with Crippen LogP contribution in [0.2, 0.25) is 5.02 Å². The fourth-order valence-corrected chi connectivity index (χ4v) is 3.54. The summed E-state index contributed by atoms with van der Waals surface area (Å²) in [5.74, 6) is 1.75. The van der Waals surface area contributed by atoms with Gasteiger partial charge in [0.15, 0.2) is 0 Å². The fraction of sp³-hybridized carbons (Fsp3) is 0.474. The minimum Gasteiger partial charge on any atom is -0.354 e. The molecule has 1 aliphatic rings. The van der Waals surface area contributed by atoms with Gasteiger partial charge < -0.3 is 10.2 Å². The van der Waals surface area contributed by atoms with Crippen LogP contribution in [0.4, 0.5) is 11.8 Å². The Morgan fingerprint density at radius 1 is 1.29 bits per heavy atom. The highest BCUT2D eigenvalue weighted by Gasteiger charge is 2.22. The summed E-state index contributed by atoms with van der Waals surface area (Å²) in [6.45, 7) is 4.15. The van der Waals surface area contributed by atoms with Crippen molar-refractivity contribution >= 4 is 23.4 Å². The normalized spacial score (nSPS) is 17.8. The van der Waals surface area contributed by atoms with E-state index >= 15 is 0 Å². The Balaban J connectivity index is 1.60. The molecule has 1 saturated heterocycles. The lowest BCUT2D eigenvalue weighted by atomic mass is 10.0. The minimum atomic E-state index is 0.605. The van der Waals surface area contributed by atoms with Gasteiger partial charge in [-0.1, -0.05) is 30.7 Å². The zero-order valence-electron chi connectivity index (χ0n) is 14.2. The average molecular weight is 345 g/mol. The summed E-state index contributed by atoms with van der Waals surface area (Å²) < 4.78 is 0. The van der Waals surface area contributed by atoms with Crippen LogP contribution in [0.5, 0.6) is 0 Å². The van der Waals surface area contributed by atoms with Gasteiger partial charge in [0.2, 0.25) is 5.95 Å². The van der Waals surface area contributed by atoms with Crippen LogP contribution < -0.4 is 10.2 Å². The standard InChI is InChI=1S/C19H25ClN4/c1-2-17-8-3-4-13-24(17)18-10-12-22-19(23-18)21-11-9-15-6-5-7-16(20)14-15/h5-7,10,12,14,17H,2-4,8-9,11,13H2,1H3,(H,21,22,23). The number of halogens is 1. The summed E-state index contributed by atoms with van der Waals surface area (Å²) in [4.78, 5) is 11.5. The summed E-state index contributed by atoms with van der Waals surface area (Å²) in [6.07, 6.45) is 7.75. The zero-order valence-corrected chi connectivity index (χ0v) is 15.0. The predicted molar refractivity (Wildman–Crippen MR) is 101 cm³/mol. The summed E-state index contributed by atoms with van der Waals surface area (Å²) >= 11 is 6.02. The van der Waals surface area contributed by atoms with Gasteiger partial charge in [-0.2, -0.15) is 4.98 Å². The van der Waals surface area contributed by atoms with Gasteiger partial charge in [-0.3, -0.25) is 0 Å². The molecule has 24 heavy (non-hydrogen) atoms. The van der Waals surface area contributed by atoms with E-state index in [1.165, 1.54) is 31.2 Å². The van der Waals surface area contributed by atoms with Crippen molar-refractivity contribution in [3.63, 3.8) is 0 Å². The van der Waals surface area contributed by atoms with Crippen molar-refractivity contribution < 1.29 is 0 Å². The van der Waals surface area contributed by atoms with Crippen molar-refractivity contribution in [2.45, 2.75) is 45.1 Å². The Labute approximate surface area is 149 Å². The van der Waals surface area contributed by atoms with E-state index < -0.39 is 0 Å². The van der Waals surface area contributed by atoms with Crippen LogP contribution in [0.1, 0.15) is 38.2 Å². The summed E-state index contributed by atoms with van der Waals surface area (Å²) in [7, 11) is 0. The molecular weight excluding hydrogens is 320 g/mol. The summed E-state index contributed by atoms with van der Waals surface area (Å²) in [5.41, 5.74) is 1.22. The van der Waals surface area contributed by atoms with Crippen LogP contribution in [0.25, 0.3) is 0 Å². The molecule has 2 heterocycles. The van der Waals surface area contributed by atoms with E-state index in [9.17, 15) is 0 Å². The molecule has 0 amide bonds. The second kappa shape index (κ2) is 8.34. The highest BCUT2D eigenvalue weighted by atomic mass is 35.5. The summed E-state index contributed by atoms with van der Waals surface area (Å²) in [6, 6.07) is 10.6. The van der Waals surface area contributed by atoms with E-state index in [0.29, 0.717) is 12.0 Å². The third-order valence-corrected chi connectivity index (χ3v) is 4.85. The SMILES string of the molecule is CCC1CCCCN1c1ccnc(NCCc2cccc(Cl)c2)n1. The molecule has 2 aromatic rings. The smallest absolute Gasteiger partial charge is 0.224 e. The molecule has 1 fully saturated rings. The molecule has 4 nitrogen and oxygen atoms in total. The maximum atomic E-state index is 6.02. The number of benzene rings is 1. The predicted octanol–water partition coefficient (Wildman–Crippen LogP) is 4.55. The number of aromatic nitrogens is 2. The topological polar surface area (TPSA) is 41.1 Å². The Morgan fingerprint density at radius 2 is 2.21 bits per heavy atom. The van der Waals surface area contributed by atoms with E-state index in [1.54, 1.807) is 0 Å². The number of nitrogens with one attached hydrogen (secondary N) is 1. The molecule has 128 valence electrons. The molecule has 1 aromatic carbocycles. The quantitative estimate of drug-likeness (QED) is 0.834. The summed E-state index contributed by atoms with van der Waals surface area (Å²) in [5, 5.41) is 4.11. The lowest BCUT2D eigenvalue weighted by Gasteiger charge is -2.36. The molecule has 1 N–H and O–H groups in total. The van der Waals surface area contributed by atoms with Gasteiger partial charge >= 0.3 is 0 Å². The highest BCUT2D eigenvalue weighted by molar-refractivity contribution is 6.30. The minimum absolute atomic E-state index is 0.605. The number of anilines is 2. The van der Waals surface area contributed by atoms with Gasteiger partial charge in [-0.05, 0) is 55.9 Å². The van der Waals surface area contributed by atoms with Crippen LogP contribution in [0.3, 0.4) is 0 Å². The first-order chi connectivity index (χ1) is 11.8. The first-order valence-electron chi connectivity index (χ1n) is 8.84. The van der Waals surface area contributed by atoms with E-state index in [2.05, 4.69) is 28.2 Å². The largest absolute Gasteiger partial charge is 0.354 e. The van der Waals surface area contributed by atoms with Crippen molar-refractivity contribution in [2.24, 2.45) is 0 Å². The molecule has 0 aliphatic carbocycles. The third-order valence-electron chi connectivity index (χ3n) is 4.62. The number of rotatable bonds is 6. The monoisotopic (exact) mass is 344 g/mol. The number of piperidine rings is 1. The van der Waals surface area contributed by atoms with E-state index in [1.807, 2.05) is 30.5 Å². The molecule has 1 unspecified atom stereocenters. The van der Waals surface area contributed by atoms with Gasteiger partial charge in [-0.15, -0.1) is 0 Å².